The van der Waals surface area contributed by atoms with Crippen LogP contribution in [-0.4, -0.2) is 38.4 Å². The van der Waals surface area contributed by atoms with Crippen LogP contribution in [0.4, 0.5) is 11.4 Å². The Morgan fingerprint density at radius 3 is 2.92 bits per heavy atom. The SMILES string of the molecule is O=C(CCNS(=O)(=O)c1cccnc1)Nc1ccc2c(c1)NC(=O)CO2. The van der Waals surface area contributed by atoms with Crippen molar-refractivity contribution in [2.75, 3.05) is 23.8 Å². The highest BCUT2D eigenvalue weighted by Crippen LogP contribution is 2.30. The van der Waals surface area contributed by atoms with Gasteiger partial charge < -0.3 is 15.4 Å². The highest BCUT2D eigenvalue weighted by Gasteiger charge is 2.17. The standard InChI is InChI=1S/C16H16N4O5S/c21-15(5-7-18-26(23,24)12-2-1-6-17-9-12)19-11-3-4-14-13(8-11)20-16(22)10-25-14/h1-4,6,8-9,18H,5,7,10H2,(H,19,21)(H,20,22). The largest absolute Gasteiger partial charge is 0.482 e. The molecule has 1 aliphatic heterocycles. The Kier molecular flexibility index (Phi) is 5.14. The Morgan fingerprint density at radius 2 is 2.15 bits per heavy atom. The van der Waals surface area contributed by atoms with Crippen molar-refractivity contribution >= 4 is 33.2 Å². The van der Waals surface area contributed by atoms with Crippen LogP contribution in [0, 0.1) is 0 Å². The molecule has 2 amide bonds. The van der Waals surface area contributed by atoms with Crippen LogP contribution in [0.3, 0.4) is 0 Å². The van der Waals surface area contributed by atoms with E-state index in [1.54, 1.807) is 18.2 Å². The molecule has 2 aromatic rings. The molecule has 0 atom stereocenters. The molecule has 10 heteroatoms. The fourth-order valence-corrected chi connectivity index (χ4v) is 3.27. The number of sulfonamides is 1. The van der Waals surface area contributed by atoms with Gasteiger partial charge >= 0.3 is 0 Å². The molecule has 2 heterocycles. The van der Waals surface area contributed by atoms with Gasteiger partial charge in [0.25, 0.3) is 5.91 Å². The third-order valence-corrected chi connectivity index (χ3v) is 4.93. The zero-order chi connectivity index (χ0) is 18.6. The van der Waals surface area contributed by atoms with E-state index >= 15 is 0 Å². The highest BCUT2D eigenvalue weighted by atomic mass is 32.2. The molecule has 26 heavy (non-hydrogen) atoms. The van der Waals surface area contributed by atoms with E-state index in [0.29, 0.717) is 17.1 Å². The molecule has 1 aromatic heterocycles. The van der Waals surface area contributed by atoms with Gasteiger partial charge in [-0.1, -0.05) is 0 Å². The minimum Gasteiger partial charge on any atom is -0.482 e. The summed E-state index contributed by atoms with van der Waals surface area (Å²) in [6, 6.07) is 7.77. The van der Waals surface area contributed by atoms with Crippen molar-refractivity contribution in [3.63, 3.8) is 0 Å². The number of fused-ring (bicyclic) bond motifs is 1. The molecule has 0 saturated carbocycles. The molecule has 0 aliphatic carbocycles. The number of nitrogens with zero attached hydrogens (tertiary/aromatic N) is 1. The summed E-state index contributed by atoms with van der Waals surface area (Å²) in [6.07, 6.45) is 2.64. The Bertz CT molecular complexity index is 931. The first-order chi connectivity index (χ1) is 12.4. The second-order valence-electron chi connectivity index (χ2n) is 5.43. The normalized spacial score (nSPS) is 13.3. The summed E-state index contributed by atoms with van der Waals surface area (Å²) in [4.78, 5) is 27.1. The number of anilines is 2. The number of pyridine rings is 1. The van der Waals surface area contributed by atoms with Gasteiger partial charge in [-0.05, 0) is 30.3 Å². The first-order valence-corrected chi connectivity index (χ1v) is 9.18. The van der Waals surface area contributed by atoms with Crippen LogP contribution < -0.4 is 20.1 Å². The molecular weight excluding hydrogens is 360 g/mol. The summed E-state index contributed by atoms with van der Waals surface area (Å²) in [6.45, 7) is -0.108. The fraction of sp³-hybridized carbons (Fsp3) is 0.188. The maximum absolute atomic E-state index is 12.0. The van der Waals surface area contributed by atoms with Crippen molar-refractivity contribution in [1.82, 2.24) is 9.71 Å². The second kappa shape index (κ2) is 7.50. The summed E-state index contributed by atoms with van der Waals surface area (Å²) in [7, 11) is -3.70. The van der Waals surface area contributed by atoms with E-state index in [9.17, 15) is 18.0 Å². The molecule has 0 fully saturated rings. The molecule has 0 radical (unpaired) electrons. The van der Waals surface area contributed by atoms with Crippen LogP contribution in [0.25, 0.3) is 0 Å². The van der Waals surface area contributed by atoms with E-state index in [-0.39, 0.29) is 36.3 Å². The minimum absolute atomic E-state index is 0.0332. The Hall–Kier alpha value is -2.98. The lowest BCUT2D eigenvalue weighted by atomic mass is 10.2. The predicted molar refractivity (Wildman–Crippen MR) is 93.2 cm³/mol. The van der Waals surface area contributed by atoms with Crippen molar-refractivity contribution in [1.29, 1.82) is 0 Å². The number of benzene rings is 1. The topological polar surface area (TPSA) is 126 Å². The fourth-order valence-electron chi connectivity index (χ4n) is 2.27. The van der Waals surface area contributed by atoms with Gasteiger partial charge in [-0.15, -0.1) is 0 Å². The number of carbonyl (C=O) groups is 2. The van der Waals surface area contributed by atoms with Crippen molar-refractivity contribution < 1.29 is 22.7 Å². The molecule has 1 aromatic carbocycles. The highest BCUT2D eigenvalue weighted by molar-refractivity contribution is 7.89. The van der Waals surface area contributed by atoms with Crippen molar-refractivity contribution in [2.45, 2.75) is 11.3 Å². The van der Waals surface area contributed by atoms with E-state index in [1.165, 1.54) is 24.5 Å². The lowest BCUT2D eigenvalue weighted by Gasteiger charge is -2.18. The van der Waals surface area contributed by atoms with E-state index in [4.69, 9.17) is 4.74 Å². The number of ether oxygens (including phenoxy) is 1. The average molecular weight is 376 g/mol. The van der Waals surface area contributed by atoms with Gasteiger partial charge in [-0.3, -0.25) is 14.6 Å². The molecular formula is C16H16N4O5S. The molecule has 136 valence electrons. The Morgan fingerprint density at radius 1 is 1.31 bits per heavy atom. The van der Waals surface area contributed by atoms with Crippen LogP contribution in [0.5, 0.6) is 5.75 Å². The number of carbonyl (C=O) groups excluding carboxylic acids is 2. The maximum atomic E-state index is 12.0. The monoisotopic (exact) mass is 376 g/mol. The number of nitrogens with one attached hydrogen (secondary N) is 3. The lowest BCUT2D eigenvalue weighted by Crippen LogP contribution is -2.28. The average Bonchev–Trinajstić information content (AvgIpc) is 2.62. The molecule has 0 unspecified atom stereocenters. The molecule has 9 nitrogen and oxygen atoms in total. The van der Waals surface area contributed by atoms with Crippen LogP contribution in [0.15, 0.2) is 47.6 Å². The smallest absolute Gasteiger partial charge is 0.262 e. The summed E-state index contributed by atoms with van der Waals surface area (Å²) in [5.41, 5.74) is 0.936. The number of hydrogen-bond donors (Lipinski definition) is 3. The van der Waals surface area contributed by atoms with Crippen LogP contribution >= 0.6 is 0 Å². The molecule has 0 bridgehead atoms. The van der Waals surface area contributed by atoms with Crippen molar-refractivity contribution in [3.05, 3.63) is 42.7 Å². The van der Waals surface area contributed by atoms with Gasteiger partial charge in [0.1, 0.15) is 10.6 Å². The van der Waals surface area contributed by atoms with E-state index in [2.05, 4.69) is 20.3 Å². The number of hydrogen-bond acceptors (Lipinski definition) is 6. The van der Waals surface area contributed by atoms with Crippen LogP contribution in [-0.2, 0) is 19.6 Å². The Labute approximate surface area is 149 Å². The first kappa shape index (κ1) is 17.8. The third kappa shape index (κ3) is 4.35. The number of amides is 2. The van der Waals surface area contributed by atoms with Gasteiger partial charge in [0.2, 0.25) is 15.9 Å². The number of aromatic nitrogens is 1. The zero-order valence-corrected chi connectivity index (χ0v) is 14.4. The van der Waals surface area contributed by atoms with E-state index in [1.807, 2.05) is 0 Å². The zero-order valence-electron chi connectivity index (χ0n) is 13.6. The molecule has 1 aliphatic rings. The molecule has 0 spiro atoms. The molecule has 0 saturated heterocycles. The van der Waals surface area contributed by atoms with Gasteiger partial charge in [-0.2, -0.15) is 0 Å². The molecule has 3 rings (SSSR count). The van der Waals surface area contributed by atoms with Gasteiger partial charge in [0, 0.05) is 31.0 Å². The van der Waals surface area contributed by atoms with Gasteiger partial charge in [-0.25, -0.2) is 13.1 Å². The summed E-state index contributed by atoms with van der Waals surface area (Å²) < 4.78 is 31.6. The third-order valence-electron chi connectivity index (χ3n) is 3.49. The van der Waals surface area contributed by atoms with E-state index in [0.717, 1.165) is 0 Å². The maximum Gasteiger partial charge on any atom is 0.262 e. The van der Waals surface area contributed by atoms with Crippen LogP contribution in [0.2, 0.25) is 0 Å². The number of rotatable bonds is 6. The van der Waals surface area contributed by atoms with Crippen molar-refractivity contribution in [3.8, 4) is 5.75 Å². The summed E-state index contributed by atoms with van der Waals surface area (Å²) >= 11 is 0. The van der Waals surface area contributed by atoms with E-state index < -0.39 is 10.0 Å². The first-order valence-electron chi connectivity index (χ1n) is 7.70. The lowest BCUT2D eigenvalue weighted by molar-refractivity contribution is -0.118. The second-order valence-corrected chi connectivity index (χ2v) is 7.20. The van der Waals surface area contributed by atoms with Gasteiger partial charge in [0.15, 0.2) is 6.61 Å². The van der Waals surface area contributed by atoms with Gasteiger partial charge in [0.05, 0.1) is 5.69 Å². The minimum atomic E-state index is -3.70. The quantitative estimate of drug-likeness (QED) is 0.682. The Balaban J connectivity index is 1.53. The summed E-state index contributed by atoms with van der Waals surface area (Å²) in [5.74, 6) is -0.125. The molecule has 3 N–H and O–H groups in total. The van der Waals surface area contributed by atoms with Crippen LogP contribution in [0.1, 0.15) is 6.42 Å². The predicted octanol–water partition coefficient (Wildman–Crippen LogP) is 0.720. The summed E-state index contributed by atoms with van der Waals surface area (Å²) in [5, 5.41) is 5.28. The van der Waals surface area contributed by atoms with Crippen molar-refractivity contribution in [2.24, 2.45) is 0 Å².